The molecule has 0 radical (unpaired) electrons. The molecule has 1 aromatic carbocycles. The minimum absolute atomic E-state index is 0.0545. The fraction of sp³-hybridized carbons (Fsp3) is 0.250. The van der Waals surface area contributed by atoms with E-state index in [0.29, 0.717) is 5.75 Å². The number of carbonyl (C=O) groups is 4. The van der Waals surface area contributed by atoms with Crippen molar-refractivity contribution in [2.24, 2.45) is 5.73 Å². The van der Waals surface area contributed by atoms with Crippen LogP contribution in [0.2, 0.25) is 0 Å². The van der Waals surface area contributed by atoms with Crippen LogP contribution < -0.4 is 10.5 Å². The fourth-order valence-corrected chi connectivity index (χ4v) is 2.11. The van der Waals surface area contributed by atoms with E-state index in [-0.39, 0.29) is 18.1 Å². The topological polar surface area (TPSA) is 204 Å². The second-order valence-electron chi connectivity index (χ2n) is 6.37. The predicted molar refractivity (Wildman–Crippen MR) is 112 cm³/mol. The summed E-state index contributed by atoms with van der Waals surface area (Å²) in [5.41, 5.74) is 5.41. The molecule has 0 amide bonds. The summed E-state index contributed by atoms with van der Waals surface area (Å²) >= 11 is 0. The van der Waals surface area contributed by atoms with Gasteiger partial charge in [-0.15, -0.1) is 0 Å². The number of furan rings is 1. The summed E-state index contributed by atoms with van der Waals surface area (Å²) in [6, 6.07) is 9.77. The van der Waals surface area contributed by atoms with Crippen molar-refractivity contribution in [2.75, 3.05) is 13.1 Å². The number of carboxylic acid groups (broad SMARTS) is 3. The van der Waals surface area contributed by atoms with E-state index in [1.165, 1.54) is 17.0 Å². The van der Waals surface area contributed by atoms with Gasteiger partial charge in [-0.3, -0.25) is 19.9 Å². The number of hydrogen-bond acceptors (Lipinski definition) is 8. The Morgan fingerprint density at radius 3 is 1.89 bits per heavy atom. The molecular weight excluding hydrogens is 483 g/mol. The van der Waals surface area contributed by atoms with Crippen LogP contribution in [0.5, 0.6) is 5.75 Å². The third-order valence-electron chi connectivity index (χ3n) is 3.43. The number of aryl methyl sites for hydroxylation is 1. The first kappa shape index (κ1) is 30.6. The van der Waals surface area contributed by atoms with E-state index in [1.807, 2.05) is 6.92 Å². The van der Waals surface area contributed by atoms with Crippen LogP contribution in [0.15, 0.2) is 40.8 Å². The first-order valence-corrected chi connectivity index (χ1v) is 9.23. The molecule has 2 aromatic rings. The predicted octanol–water partition coefficient (Wildman–Crippen LogP) is 1.96. The average molecular weight is 505 g/mol. The summed E-state index contributed by atoms with van der Waals surface area (Å²) < 4.78 is 42.2. The zero-order valence-corrected chi connectivity index (χ0v) is 18.1. The van der Waals surface area contributed by atoms with Crippen molar-refractivity contribution < 1.29 is 56.8 Å². The highest BCUT2D eigenvalue weighted by molar-refractivity contribution is 5.88. The second-order valence-corrected chi connectivity index (χ2v) is 6.37. The summed E-state index contributed by atoms with van der Waals surface area (Å²) in [6.45, 7) is 0.924. The molecule has 15 heteroatoms. The van der Waals surface area contributed by atoms with E-state index >= 15 is 0 Å². The Balaban J connectivity index is 0.000000978. The number of nitrogens with two attached hydrogens (primary N) is 1. The van der Waals surface area contributed by atoms with Crippen LogP contribution in [0.4, 0.5) is 13.2 Å². The Morgan fingerprint density at radius 1 is 1.03 bits per heavy atom. The molecule has 192 valence electrons. The lowest BCUT2D eigenvalue weighted by molar-refractivity contribution is -0.192. The number of ether oxygens (including phenoxy) is 1. The average Bonchev–Trinajstić information content (AvgIpc) is 3.17. The normalized spacial score (nSPS) is 10.2. The fourth-order valence-electron chi connectivity index (χ4n) is 2.11. The van der Waals surface area contributed by atoms with Crippen molar-refractivity contribution in [3.8, 4) is 5.75 Å². The van der Waals surface area contributed by atoms with Crippen molar-refractivity contribution in [3.05, 3.63) is 53.5 Å². The molecule has 0 unspecified atom stereocenters. The first-order valence-electron chi connectivity index (χ1n) is 9.23. The van der Waals surface area contributed by atoms with Crippen molar-refractivity contribution in [1.29, 1.82) is 5.41 Å². The number of esters is 1. The molecule has 0 aliphatic heterocycles. The van der Waals surface area contributed by atoms with E-state index < -0.39 is 43.1 Å². The molecule has 2 rings (SSSR count). The Kier molecular flexibility index (Phi) is 12.8. The van der Waals surface area contributed by atoms with Gasteiger partial charge in [0.1, 0.15) is 11.5 Å². The van der Waals surface area contributed by atoms with Gasteiger partial charge in [-0.25, -0.2) is 9.59 Å². The van der Waals surface area contributed by atoms with Gasteiger partial charge in [0.05, 0.1) is 26.0 Å². The number of benzene rings is 1. The van der Waals surface area contributed by atoms with E-state index in [9.17, 15) is 27.6 Å². The Labute approximate surface area is 195 Å². The molecule has 1 aromatic heterocycles. The van der Waals surface area contributed by atoms with Crippen LogP contribution in [-0.4, -0.2) is 69.7 Å². The molecule has 0 aliphatic rings. The Hall–Kier alpha value is -4.40. The standard InChI is InChI=1S/C17H17NO7.C2HF3O2.CH4N2/c1-11-2-4-12(5-3-11)25-17(23)14-7-6-13(24-14)8-18(9-15(19)20)10-16(21)22;3-2(4,5)1(6)7;2-1-3/h2-7H,8-10H2,1H3,(H,19,20)(H,21,22);(H,6,7);1H,(H3,2,3). The Bertz CT molecular complexity index is 989. The maximum absolute atomic E-state index is 12.0. The van der Waals surface area contributed by atoms with Gasteiger partial charge in [-0.2, -0.15) is 13.2 Å². The number of carboxylic acids is 3. The van der Waals surface area contributed by atoms with Crippen LogP contribution in [-0.2, 0) is 20.9 Å². The van der Waals surface area contributed by atoms with Gasteiger partial charge in [0.15, 0.2) is 0 Å². The largest absolute Gasteiger partial charge is 0.490 e. The number of carbonyl (C=O) groups excluding carboxylic acids is 1. The molecule has 6 N–H and O–H groups in total. The van der Waals surface area contributed by atoms with Crippen LogP contribution in [0.25, 0.3) is 0 Å². The summed E-state index contributed by atoms with van der Waals surface area (Å²) in [4.78, 5) is 43.7. The van der Waals surface area contributed by atoms with Crippen molar-refractivity contribution in [1.82, 2.24) is 4.90 Å². The monoisotopic (exact) mass is 505 g/mol. The van der Waals surface area contributed by atoms with Crippen molar-refractivity contribution in [3.63, 3.8) is 0 Å². The highest BCUT2D eigenvalue weighted by Gasteiger charge is 2.38. The number of hydrogen-bond donors (Lipinski definition) is 5. The lowest BCUT2D eigenvalue weighted by atomic mass is 10.2. The quantitative estimate of drug-likeness (QED) is 0.152. The lowest BCUT2D eigenvalue weighted by Crippen LogP contribution is -2.33. The molecule has 35 heavy (non-hydrogen) atoms. The molecule has 0 saturated carbocycles. The summed E-state index contributed by atoms with van der Waals surface area (Å²) in [7, 11) is 0. The van der Waals surface area contributed by atoms with Crippen LogP contribution in [0, 0.1) is 12.3 Å². The van der Waals surface area contributed by atoms with Crippen LogP contribution in [0.3, 0.4) is 0 Å². The highest BCUT2D eigenvalue weighted by Crippen LogP contribution is 2.16. The number of halogens is 3. The third-order valence-corrected chi connectivity index (χ3v) is 3.43. The molecule has 1 heterocycles. The molecule has 0 bridgehead atoms. The number of rotatable bonds is 8. The van der Waals surface area contributed by atoms with E-state index in [4.69, 9.17) is 34.7 Å². The highest BCUT2D eigenvalue weighted by atomic mass is 19.4. The zero-order valence-electron chi connectivity index (χ0n) is 18.1. The maximum atomic E-state index is 12.0. The van der Waals surface area contributed by atoms with Crippen LogP contribution in [0.1, 0.15) is 21.9 Å². The van der Waals surface area contributed by atoms with Crippen molar-refractivity contribution >= 4 is 30.2 Å². The van der Waals surface area contributed by atoms with Crippen LogP contribution >= 0.6 is 0 Å². The lowest BCUT2D eigenvalue weighted by Gasteiger charge is -2.15. The van der Waals surface area contributed by atoms with Gasteiger partial charge in [0.2, 0.25) is 5.76 Å². The molecule has 0 saturated heterocycles. The molecule has 0 spiro atoms. The molecule has 0 atom stereocenters. The summed E-state index contributed by atoms with van der Waals surface area (Å²) in [6.07, 6.45) is -4.33. The number of nitrogens with zero attached hydrogens (tertiary/aromatic N) is 1. The number of aliphatic carboxylic acids is 3. The number of nitrogens with one attached hydrogen (secondary N) is 1. The molecule has 12 nitrogen and oxygen atoms in total. The smallest absolute Gasteiger partial charge is 0.480 e. The third kappa shape index (κ3) is 13.7. The van der Waals surface area contributed by atoms with Gasteiger partial charge < -0.3 is 30.2 Å². The minimum Gasteiger partial charge on any atom is -0.480 e. The molecule has 0 fully saturated rings. The molecule has 0 aliphatic carbocycles. The maximum Gasteiger partial charge on any atom is 0.490 e. The summed E-state index contributed by atoms with van der Waals surface area (Å²) in [5.74, 6) is -5.20. The Morgan fingerprint density at radius 2 is 1.49 bits per heavy atom. The minimum atomic E-state index is -5.08. The molecular formula is C20H22F3N3O9. The van der Waals surface area contributed by atoms with Gasteiger partial charge in [0, 0.05) is 0 Å². The van der Waals surface area contributed by atoms with Gasteiger partial charge in [-0.1, -0.05) is 17.7 Å². The van der Waals surface area contributed by atoms with Gasteiger partial charge >= 0.3 is 30.1 Å². The van der Waals surface area contributed by atoms with E-state index in [0.717, 1.165) is 11.9 Å². The zero-order chi connectivity index (χ0) is 27.2. The van der Waals surface area contributed by atoms with Crippen molar-refractivity contribution in [2.45, 2.75) is 19.6 Å². The van der Waals surface area contributed by atoms with Gasteiger partial charge in [-0.05, 0) is 31.2 Å². The first-order chi connectivity index (χ1) is 16.2. The van der Waals surface area contributed by atoms with E-state index in [2.05, 4.69) is 5.73 Å². The van der Waals surface area contributed by atoms with E-state index in [1.54, 1.807) is 24.3 Å². The van der Waals surface area contributed by atoms with Gasteiger partial charge in [0.25, 0.3) is 0 Å². The second kappa shape index (κ2) is 14.7. The summed E-state index contributed by atoms with van der Waals surface area (Å²) in [5, 5.41) is 30.6. The SMILES string of the molecule is Cc1ccc(OC(=O)c2ccc(CN(CC(=O)O)CC(=O)O)o2)cc1.N=CN.O=C(O)C(F)(F)F. The number of alkyl halides is 3.